The van der Waals surface area contributed by atoms with Gasteiger partial charge in [0.05, 0.1) is 12.4 Å². The minimum atomic E-state index is -3.46. The fourth-order valence-corrected chi connectivity index (χ4v) is 4.01. The van der Waals surface area contributed by atoms with Gasteiger partial charge in [0, 0.05) is 29.8 Å². The van der Waals surface area contributed by atoms with Gasteiger partial charge in [0.2, 0.25) is 7.14 Å². The molecule has 6 radical (unpaired) electrons. The Kier molecular flexibility index (Phi) is 4.13. The van der Waals surface area contributed by atoms with Gasteiger partial charge in [0.15, 0.2) is 0 Å². The molecule has 3 heterocycles. The molecule has 0 unspecified atom stereocenters. The van der Waals surface area contributed by atoms with E-state index in [0.29, 0.717) is 5.46 Å². The molecule has 3 rings (SSSR count). The molecule has 3 aromatic rings. The van der Waals surface area contributed by atoms with Gasteiger partial charge >= 0.3 is 0 Å². The first-order chi connectivity index (χ1) is 11.0. The second-order valence-electron chi connectivity index (χ2n) is 4.66. The number of hydrogen-bond donors (Lipinski definition) is 0. The first-order valence-electron chi connectivity index (χ1n) is 6.48. The van der Waals surface area contributed by atoms with Crippen molar-refractivity contribution in [1.29, 1.82) is 0 Å². The lowest BCUT2D eigenvalue weighted by Gasteiger charge is -2.16. The summed E-state index contributed by atoms with van der Waals surface area (Å²) in [4.78, 5) is 20.3. The van der Waals surface area contributed by atoms with Crippen LogP contribution in [0.3, 0.4) is 0 Å². The standard InChI is InChI=1S/C13H7B3N5OP/c14-8-1-2-11(19-3-8)23(22,12-6-17-9(15)4-20-12)13-7-18-10(16)5-21-13/h1-7H. The summed E-state index contributed by atoms with van der Waals surface area (Å²) >= 11 is 0. The van der Waals surface area contributed by atoms with Crippen molar-refractivity contribution in [3.05, 3.63) is 43.1 Å². The van der Waals surface area contributed by atoms with Gasteiger partial charge in [0.25, 0.3) is 0 Å². The maximum Gasteiger partial charge on any atom is 0.226 e. The molecular weight excluding hydrogens is 306 g/mol. The van der Waals surface area contributed by atoms with Gasteiger partial charge in [-0.3, -0.25) is 15.0 Å². The largest absolute Gasteiger partial charge is 0.304 e. The van der Waals surface area contributed by atoms with Crippen molar-refractivity contribution in [2.75, 3.05) is 0 Å². The number of rotatable bonds is 3. The van der Waals surface area contributed by atoms with Crippen molar-refractivity contribution in [2.45, 2.75) is 0 Å². The normalized spacial score (nSPS) is 11.3. The Morgan fingerprint density at radius 3 is 1.57 bits per heavy atom. The molecule has 0 aliphatic carbocycles. The summed E-state index contributed by atoms with van der Waals surface area (Å²) in [6, 6.07) is 3.16. The molecule has 3 aromatic heterocycles. The molecule has 0 saturated carbocycles. The lowest BCUT2D eigenvalue weighted by atomic mass is 9.99. The van der Waals surface area contributed by atoms with E-state index in [4.69, 9.17) is 23.5 Å². The molecule has 23 heavy (non-hydrogen) atoms. The van der Waals surface area contributed by atoms with Gasteiger partial charge in [0.1, 0.15) is 39.8 Å². The second-order valence-corrected chi connectivity index (χ2v) is 7.25. The van der Waals surface area contributed by atoms with Crippen LogP contribution in [0.2, 0.25) is 0 Å². The number of aromatic nitrogens is 5. The fourth-order valence-electron chi connectivity index (χ4n) is 1.92. The van der Waals surface area contributed by atoms with E-state index in [1.807, 2.05) is 0 Å². The first-order valence-corrected chi connectivity index (χ1v) is 8.19. The summed E-state index contributed by atoms with van der Waals surface area (Å²) in [7, 11) is 13.3. The van der Waals surface area contributed by atoms with Crippen LogP contribution in [0.25, 0.3) is 0 Å². The lowest BCUT2D eigenvalue weighted by Crippen LogP contribution is -2.33. The van der Waals surface area contributed by atoms with Crippen LogP contribution in [-0.4, -0.2) is 48.5 Å². The average Bonchev–Trinajstić information content (AvgIpc) is 2.56. The second kappa shape index (κ2) is 6.09. The summed E-state index contributed by atoms with van der Waals surface area (Å²) < 4.78 is 13.8. The minimum Gasteiger partial charge on any atom is -0.304 e. The highest BCUT2D eigenvalue weighted by atomic mass is 31.2. The van der Waals surface area contributed by atoms with Crippen molar-refractivity contribution in [3.63, 3.8) is 0 Å². The van der Waals surface area contributed by atoms with E-state index >= 15 is 0 Å². The van der Waals surface area contributed by atoms with E-state index in [9.17, 15) is 4.57 Å². The van der Waals surface area contributed by atoms with Crippen molar-refractivity contribution >= 4 is 63.6 Å². The van der Waals surface area contributed by atoms with Gasteiger partial charge in [-0.25, -0.2) is 9.97 Å². The number of nitrogens with zero attached hydrogens (tertiary/aromatic N) is 5. The zero-order chi connectivity index (χ0) is 16.4. The highest BCUT2D eigenvalue weighted by molar-refractivity contribution is 7.84. The van der Waals surface area contributed by atoms with Crippen LogP contribution >= 0.6 is 7.14 Å². The van der Waals surface area contributed by atoms with Crippen LogP contribution in [0.4, 0.5) is 0 Å². The molecule has 0 atom stereocenters. The number of hydrogen-bond acceptors (Lipinski definition) is 6. The molecule has 0 aliphatic rings. The van der Waals surface area contributed by atoms with Crippen LogP contribution in [0, 0.1) is 0 Å². The highest BCUT2D eigenvalue weighted by Crippen LogP contribution is 2.38. The predicted molar refractivity (Wildman–Crippen MR) is 91.0 cm³/mol. The molecule has 0 fully saturated rings. The summed E-state index contributed by atoms with van der Waals surface area (Å²) in [5.41, 5.74) is 1.55. The third kappa shape index (κ3) is 2.97. The van der Waals surface area contributed by atoms with Gasteiger partial charge < -0.3 is 4.57 Å². The molecule has 0 N–H and O–H groups in total. The van der Waals surface area contributed by atoms with Crippen molar-refractivity contribution in [3.8, 4) is 0 Å². The molecule has 104 valence electrons. The summed E-state index contributed by atoms with van der Waals surface area (Å²) in [6.45, 7) is 0. The predicted octanol–water partition coefficient (Wildman–Crippen LogP) is -3.32. The maximum absolute atomic E-state index is 13.8. The Morgan fingerprint density at radius 1 is 0.652 bits per heavy atom. The van der Waals surface area contributed by atoms with Gasteiger partial charge in [-0.2, -0.15) is 0 Å². The summed E-state index contributed by atoms with van der Waals surface area (Å²) in [5.74, 6) is 0. The topological polar surface area (TPSA) is 81.5 Å². The van der Waals surface area contributed by atoms with Crippen molar-refractivity contribution in [1.82, 2.24) is 24.9 Å². The van der Waals surface area contributed by atoms with Crippen molar-refractivity contribution < 1.29 is 4.57 Å². The molecule has 6 nitrogen and oxygen atoms in total. The Labute approximate surface area is 136 Å². The zero-order valence-corrected chi connectivity index (χ0v) is 12.8. The molecule has 0 aromatic carbocycles. The van der Waals surface area contributed by atoms with E-state index in [0.717, 1.165) is 0 Å². The Morgan fingerprint density at radius 2 is 1.17 bits per heavy atom. The third-order valence-electron chi connectivity index (χ3n) is 3.05. The van der Waals surface area contributed by atoms with E-state index in [1.165, 1.54) is 31.0 Å². The van der Waals surface area contributed by atoms with Gasteiger partial charge in [-0.15, -0.1) is 0 Å². The number of pyridine rings is 1. The average molecular weight is 313 g/mol. The Hall–Kier alpha value is -2.27. The molecular formula is C13H7B3N5OP. The highest BCUT2D eigenvalue weighted by Gasteiger charge is 2.34. The first kappa shape index (κ1) is 15.6. The molecule has 0 bridgehead atoms. The van der Waals surface area contributed by atoms with E-state index < -0.39 is 7.14 Å². The van der Waals surface area contributed by atoms with E-state index in [2.05, 4.69) is 24.9 Å². The Balaban J connectivity index is 2.24. The SMILES string of the molecule is [B]c1ccc(P(=O)(c2cnc([B])cn2)c2cnc([B])cn2)nc1. The molecule has 0 aliphatic heterocycles. The van der Waals surface area contributed by atoms with E-state index in [1.54, 1.807) is 12.1 Å². The molecule has 10 heteroatoms. The van der Waals surface area contributed by atoms with Gasteiger partial charge in [-0.1, -0.05) is 11.5 Å². The van der Waals surface area contributed by atoms with E-state index in [-0.39, 0.29) is 27.5 Å². The van der Waals surface area contributed by atoms with Crippen molar-refractivity contribution in [2.24, 2.45) is 0 Å². The maximum atomic E-state index is 13.8. The minimum absolute atomic E-state index is 0.197. The van der Waals surface area contributed by atoms with Crippen LogP contribution in [-0.2, 0) is 4.57 Å². The molecule has 0 spiro atoms. The van der Waals surface area contributed by atoms with Crippen LogP contribution in [0.5, 0.6) is 0 Å². The third-order valence-corrected chi connectivity index (χ3v) is 5.72. The quantitative estimate of drug-likeness (QED) is 0.372. The lowest BCUT2D eigenvalue weighted by molar-refractivity contribution is 0.591. The molecule has 0 saturated heterocycles. The Bertz CT molecular complexity index is 754. The van der Waals surface area contributed by atoms with Crippen LogP contribution in [0.1, 0.15) is 0 Å². The monoisotopic (exact) mass is 313 g/mol. The van der Waals surface area contributed by atoms with Crippen LogP contribution in [0.15, 0.2) is 43.1 Å². The van der Waals surface area contributed by atoms with Crippen LogP contribution < -0.4 is 33.0 Å². The zero-order valence-electron chi connectivity index (χ0n) is 11.9. The smallest absolute Gasteiger partial charge is 0.226 e. The summed E-state index contributed by atoms with van der Waals surface area (Å²) in [6.07, 6.45) is 6.74. The summed E-state index contributed by atoms with van der Waals surface area (Å²) in [5, 5.41) is 0. The molecule has 0 amide bonds. The van der Waals surface area contributed by atoms with Gasteiger partial charge in [-0.05, 0) is 6.07 Å². The fraction of sp³-hybridized carbons (Fsp3) is 0.